The number of aliphatic carboxylic acids is 1. The van der Waals surface area contributed by atoms with E-state index in [1.54, 1.807) is 17.5 Å². The monoisotopic (exact) mass is 358 g/mol. The molecule has 23 heavy (non-hydrogen) atoms. The molecular weight excluding hydrogens is 349 g/mol. The number of thiophene rings is 1. The van der Waals surface area contributed by atoms with Crippen LogP contribution in [0, 0.1) is 11.3 Å². The minimum absolute atomic E-state index is 0.0615. The van der Waals surface area contributed by atoms with Crippen molar-refractivity contribution in [2.24, 2.45) is 0 Å². The van der Waals surface area contributed by atoms with Crippen LogP contribution in [0.25, 0.3) is 10.6 Å². The number of nitriles is 1. The first-order chi connectivity index (χ1) is 10.7. The van der Waals surface area contributed by atoms with Crippen molar-refractivity contribution < 1.29 is 23.1 Å². The third kappa shape index (κ3) is 3.83. The highest BCUT2D eigenvalue weighted by atomic mass is 32.2. The molecule has 0 bridgehead atoms. The average Bonchev–Trinajstić information content (AvgIpc) is 2.99. The number of carboxylic acid groups (broad SMARTS) is 1. The molecule has 2 aromatic rings. The summed E-state index contributed by atoms with van der Waals surface area (Å²) in [4.78, 5) is 15.5. The van der Waals surface area contributed by atoms with E-state index in [1.807, 2.05) is 0 Å². The number of rotatable bonds is 4. The van der Waals surface area contributed by atoms with Crippen molar-refractivity contribution in [3.8, 4) is 16.6 Å². The van der Waals surface area contributed by atoms with E-state index in [1.165, 1.54) is 24.3 Å². The van der Waals surface area contributed by atoms with Gasteiger partial charge in [0.2, 0.25) is 0 Å². The quantitative estimate of drug-likeness (QED) is 0.827. The van der Waals surface area contributed by atoms with Crippen LogP contribution < -0.4 is 0 Å². The van der Waals surface area contributed by atoms with Gasteiger partial charge in [-0.2, -0.15) is 18.4 Å². The molecule has 0 aliphatic heterocycles. The van der Waals surface area contributed by atoms with Gasteiger partial charge in [-0.1, -0.05) is 17.8 Å². The summed E-state index contributed by atoms with van der Waals surface area (Å²) >= 11 is 1.82. The number of nitrogens with zero attached hydrogens (tertiary/aromatic N) is 2. The summed E-state index contributed by atoms with van der Waals surface area (Å²) in [5, 5.41) is 18.4. The molecule has 0 aliphatic carbocycles. The molecule has 9 heteroatoms. The van der Waals surface area contributed by atoms with Crippen molar-refractivity contribution in [1.29, 1.82) is 5.26 Å². The lowest BCUT2D eigenvalue weighted by Crippen LogP contribution is -2.14. The zero-order valence-corrected chi connectivity index (χ0v) is 13.2. The maximum Gasteiger partial charge on any atom is 0.417 e. The summed E-state index contributed by atoms with van der Waals surface area (Å²) < 4.78 is 39.7. The van der Waals surface area contributed by atoms with E-state index in [0.717, 1.165) is 6.07 Å². The molecule has 1 N–H and O–H groups in total. The highest BCUT2D eigenvalue weighted by Gasteiger charge is 2.36. The summed E-state index contributed by atoms with van der Waals surface area (Å²) in [5.41, 5.74) is -1.71. The minimum Gasteiger partial charge on any atom is -0.480 e. The molecule has 1 unspecified atom stereocenters. The second kappa shape index (κ2) is 6.60. The van der Waals surface area contributed by atoms with Crippen LogP contribution in [-0.2, 0) is 11.0 Å². The predicted molar refractivity (Wildman–Crippen MR) is 80.2 cm³/mol. The van der Waals surface area contributed by atoms with Gasteiger partial charge in [0, 0.05) is 0 Å². The van der Waals surface area contributed by atoms with Crippen LogP contribution in [0.5, 0.6) is 0 Å². The Labute approximate surface area is 137 Å². The Morgan fingerprint density at radius 1 is 1.52 bits per heavy atom. The molecule has 0 fully saturated rings. The molecule has 4 nitrogen and oxygen atoms in total. The SMILES string of the molecule is CC(Sc1nc(-c2cccs2)cc(C(F)(F)F)c1C#N)C(=O)O. The second-order valence-electron chi connectivity index (χ2n) is 4.42. The van der Waals surface area contributed by atoms with Gasteiger partial charge in [-0.3, -0.25) is 4.79 Å². The third-order valence-electron chi connectivity index (χ3n) is 2.81. The highest BCUT2D eigenvalue weighted by molar-refractivity contribution is 8.00. The molecule has 0 saturated carbocycles. The first-order valence-electron chi connectivity index (χ1n) is 6.19. The largest absolute Gasteiger partial charge is 0.480 e. The van der Waals surface area contributed by atoms with Crippen molar-refractivity contribution in [3.63, 3.8) is 0 Å². The average molecular weight is 358 g/mol. The zero-order valence-electron chi connectivity index (χ0n) is 11.6. The fourth-order valence-corrected chi connectivity index (χ4v) is 3.25. The summed E-state index contributed by atoms with van der Waals surface area (Å²) in [5.74, 6) is -1.20. The molecule has 0 spiro atoms. The number of aromatic nitrogens is 1. The standard InChI is InChI=1S/C14H9F3N2O2S2/c1-7(13(20)21)23-12-8(6-18)9(14(15,16)17)5-10(19-12)11-3-2-4-22-11/h2-5,7H,1H3,(H,20,21). The number of thioether (sulfide) groups is 1. The molecule has 0 amide bonds. The number of hydrogen-bond donors (Lipinski definition) is 1. The van der Waals surface area contributed by atoms with Gasteiger partial charge in [0.25, 0.3) is 0 Å². The van der Waals surface area contributed by atoms with Crippen molar-refractivity contribution in [3.05, 3.63) is 34.7 Å². The van der Waals surface area contributed by atoms with Crippen LogP contribution in [-0.4, -0.2) is 21.3 Å². The topological polar surface area (TPSA) is 74.0 Å². The summed E-state index contributed by atoms with van der Waals surface area (Å²) in [6, 6.07) is 5.59. The second-order valence-corrected chi connectivity index (χ2v) is 6.70. The van der Waals surface area contributed by atoms with Crippen molar-refractivity contribution in [2.75, 3.05) is 0 Å². The van der Waals surface area contributed by atoms with Gasteiger partial charge >= 0.3 is 12.1 Å². The lowest BCUT2D eigenvalue weighted by molar-refractivity contribution is -0.138. The number of carbonyl (C=O) groups is 1. The van der Waals surface area contributed by atoms with Gasteiger partial charge in [-0.25, -0.2) is 4.98 Å². The Morgan fingerprint density at radius 2 is 2.22 bits per heavy atom. The van der Waals surface area contributed by atoms with Crippen LogP contribution in [0.2, 0.25) is 0 Å². The molecule has 0 radical (unpaired) electrons. The molecule has 2 heterocycles. The van der Waals surface area contributed by atoms with Crippen LogP contribution in [0.1, 0.15) is 18.1 Å². The molecule has 0 aromatic carbocycles. The zero-order chi connectivity index (χ0) is 17.2. The van der Waals surface area contributed by atoms with E-state index in [4.69, 9.17) is 10.4 Å². The van der Waals surface area contributed by atoms with Gasteiger partial charge < -0.3 is 5.11 Å². The van der Waals surface area contributed by atoms with E-state index < -0.39 is 28.5 Å². The Balaban J connectivity index is 2.65. The smallest absolute Gasteiger partial charge is 0.417 e. The van der Waals surface area contributed by atoms with Gasteiger partial charge in [0.1, 0.15) is 16.3 Å². The van der Waals surface area contributed by atoms with Crippen LogP contribution in [0.15, 0.2) is 28.6 Å². The summed E-state index contributed by atoms with van der Waals surface area (Å²) in [7, 11) is 0. The number of halogens is 3. The lowest BCUT2D eigenvalue weighted by Gasteiger charge is -2.14. The third-order valence-corrected chi connectivity index (χ3v) is 4.78. The Bertz CT molecular complexity index is 768. The molecular formula is C14H9F3N2O2S2. The van der Waals surface area contributed by atoms with Crippen molar-refractivity contribution >= 4 is 29.1 Å². The molecule has 120 valence electrons. The Kier molecular flexibility index (Phi) is 4.97. The summed E-state index contributed by atoms with van der Waals surface area (Å²) in [6.07, 6.45) is -4.73. The van der Waals surface area contributed by atoms with Gasteiger partial charge in [-0.05, 0) is 24.4 Å². The first kappa shape index (κ1) is 17.3. The number of pyridine rings is 1. The molecule has 0 aliphatic rings. The first-order valence-corrected chi connectivity index (χ1v) is 7.95. The normalized spacial score (nSPS) is 12.7. The highest BCUT2D eigenvalue weighted by Crippen LogP contribution is 2.39. The summed E-state index contributed by atoms with van der Waals surface area (Å²) in [6.45, 7) is 1.32. The van der Waals surface area contributed by atoms with E-state index >= 15 is 0 Å². The van der Waals surface area contributed by atoms with Crippen molar-refractivity contribution in [1.82, 2.24) is 4.98 Å². The van der Waals surface area contributed by atoms with E-state index in [2.05, 4.69) is 4.98 Å². The van der Waals surface area contributed by atoms with Gasteiger partial charge in [0.05, 0.1) is 21.7 Å². The molecule has 2 rings (SSSR count). The minimum atomic E-state index is -4.73. The van der Waals surface area contributed by atoms with E-state index in [-0.39, 0.29) is 10.7 Å². The Morgan fingerprint density at radius 3 is 2.70 bits per heavy atom. The van der Waals surface area contributed by atoms with Crippen molar-refractivity contribution in [2.45, 2.75) is 23.4 Å². The van der Waals surface area contributed by atoms with E-state index in [9.17, 15) is 18.0 Å². The van der Waals surface area contributed by atoms with Crippen LogP contribution in [0.3, 0.4) is 0 Å². The van der Waals surface area contributed by atoms with Gasteiger partial charge in [0.15, 0.2) is 0 Å². The van der Waals surface area contributed by atoms with Crippen LogP contribution in [0.4, 0.5) is 13.2 Å². The fraction of sp³-hybridized carbons (Fsp3) is 0.214. The van der Waals surface area contributed by atoms with E-state index in [0.29, 0.717) is 16.6 Å². The van der Waals surface area contributed by atoms with Crippen LogP contribution >= 0.6 is 23.1 Å². The maximum absolute atomic E-state index is 13.2. The number of hydrogen-bond acceptors (Lipinski definition) is 5. The number of alkyl halides is 3. The van der Waals surface area contributed by atoms with Gasteiger partial charge in [-0.15, -0.1) is 11.3 Å². The molecule has 2 aromatic heterocycles. The maximum atomic E-state index is 13.2. The molecule has 0 saturated heterocycles. The lowest BCUT2D eigenvalue weighted by atomic mass is 10.1. The Hall–Kier alpha value is -2.05. The predicted octanol–water partition coefficient (Wildman–Crippen LogP) is 4.27. The molecule has 1 atom stereocenters. The fourth-order valence-electron chi connectivity index (χ4n) is 1.71. The number of carboxylic acids is 1.